The number of likely N-dealkylation sites (tertiary alicyclic amines) is 1. The van der Waals surface area contributed by atoms with Crippen LogP contribution >= 0.6 is 0 Å². The van der Waals surface area contributed by atoms with Crippen molar-refractivity contribution < 1.29 is 57.8 Å². The molecule has 0 spiro atoms. The Kier molecular flexibility index (Phi) is 16.8. The Morgan fingerprint density at radius 1 is 0.688 bits per heavy atom. The standard InChI is InChI=1S/C25H26F4N4O3.C20H18F4N4O.C5H4F3N3O/c1-24(2,3)36-23(35)33-8-4-5-17(33)7-10-32-9-6-15-11-19(20(26)12-18(15)22(32)34)21-30-13-16(14-31-21)25(27,28)29;21-17-9-15-12(3-6-28(19(15)29)7-4-14-2-1-5-25-14)8-16(17)18-26-10-13(11-27-18)20(22,23)24;6-5(7,8)3-2(9)1-10-11-4(3)12/h6,9,11-14,17H,4-5,7-8,10H2,1-3H3;3,6,8-11,14,25H,1-2,4-5,7H2;1H,(H3,9,11,12). The van der Waals surface area contributed by atoms with Gasteiger partial charge in [-0.1, -0.05) is 0 Å². The van der Waals surface area contributed by atoms with Crippen molar-refractivity contribution in [2.24, 2.45) is 0 Å². The molecule has 0 saturated carbocycles. The van der Waals surface area contributed by atoms with E-state index in [-0.39, 0.29) is 51.2 Å². The number of H-pyrrole nitrogens is 1. The minimum absolute atomic E-state index is 0.0569. The minimum atomic E-state index is -4.74. The maximum absolute atomic E-state index is 14.8. The molecule has 410 valence electrons. The van der Waals surface area contributed by atoms with Gasteiger partial charge in [-0.25, -0.2) is 38.6 Å². The third kappa shape index (κ3) is 14.0. The number of carbonyl (C=O) groups excluding carboxylic acids is 1. The number of nitrogens with zero attached hydrogens (tertiary/aromatic N) is 8. The van der Waals surface area contributed by atoms with Crippen LogP contribution < -0.4 is 27.7 Å². The third-order valence-corrected chi connectivity index (χ3v) is 12.3. The van der Waals surface area contributed by atoms with E-state index >= 15 is 0 Å². The van der Waals surface area contributed by atoms with Gasteiger partial charge in [-0.2, -0.15) is 44.6 Å². The molecule has 2 aliphatic rings. The number of ether oxygens (including phenoxy) is 1. The number of benzene rings is 2. The molecule has 2 unspecified atom stereocenters. The zero-order valence-electron chi connectivity index (χ0n) is 41.1. The first-order chi connectivity index (χ1) is 36.1. The fraction of sp³-hybridized carbons (Fsp3) is 0.380. The number of carbonyl (C=O) groups is 1. The molecule has 16 nitrogen and oxygen atoms in total. The van der Waals surface area contributed by atoms with E-state index < -0.39 is 69.3 Å². The second kappa shape index (κ2) is 22.8. The molecule has 1 amide bonds. The van der Waals surface area contributed by atoms with Crippen molar-refractivity contribution in [3.05, 3.63) is 139 Å². The van der Waals surface area contributed by atoms with Crippen LogP contribution in [-0.2, 0) is 36.4 Å². The van der Waals surface area contributed by atoms with E-state index in [4.69, 9.17) is 10.5 Å². The highest BCUT2D eigenvalue weighted by molar-refractivity contribution is 5.87. The molecule has 77 heavy (non-hydrogen) atoms. The molecular weight excluding hydrogens is 1040 g/mol. The summed E-state index contributed by atoms with van der Waals surface area (Å²) in [5, 5.41) is 9.33. The fourth-order valence-corrected chi connectivity index (χ4v) is 8.52. The molecule has 5 aromatic heterocycles. The molecular formula is C50H48F11N11O5. The number of nitrogens with two attached hydrogens (primary N) is 1. The van der Waals surface area contributed by atoms with Gasteiger partial charge in [-0.15, -0.1) is 0 Å². The number of hydrogen-bond donors (Lipinski definition) is 3. The van der Waals surface area contributed by atoms with Gasteiger partial charge in [0.15, 0.2) is 11.6 Å². The van der Waals surface area contributed by atoms with Gasteiger partial charge in [-0.3, -0.25) is 14.4 Å². The van der Waals surface area contributed by atoms with Crippen molar-refractivity contribution in [1.29, 1.82) is 0 Å². The first kappa shape index (κ1) is 56.9. The number of aromatic nitrogens is 8. The number of nitrogen functional groups attached to an aromatic ring is 1. The van der Waals surface area contributed by atoms with Gasteiger partial charge in [0.2, 0.25) is 0 Å². The second-order valence-corrected chi connectivity index (χ2v) is 18.9. The molecule has 0 radical (unpaired) electrons. The molecule has 0 aliphatic carbocycles. The van der Waals surface area contributed by atoms with E-state index in [9.17, 15) is 67.5 Å². The Hall–Kier alpha value is -7.84. The summed E-state index contributed by atoms with van der Waals surface area (Å²) < 4.78 is 150. The predicted molar refractivity (Wildman–Crippen MR) is 259 cm³/mol. The van der Waals surface area contributed by atoms with E-state index in [1.807, 2.05) is 0 Å². The SMILES string of the molecule is CC(C)(C)OC(=O)N1CCCC1CCn1ccc2cc(-c3ncc(C(F)(F)F)cn3)c(F)cc2c1=O.Nc1cn[nH]c(=O)c1C(F)(F)F.O=c1c2cc(F)c(-c3ncc(C(F)(F)F)cn3)cc2ccn1CCC1CCCN1. The Morgan fingerprint density at radius 2 is 1.18 bits per heavy atom. The van der Waals surface area contributed by atoms with E-state index in [1.54, 1.807) is 59.9 Å². The molecule has 0 bridgehead atoms. The molecule has 27 heteroatoms. The molecule has 2 fully saturated rings. The number of pyridine rings is 2. The van der Waals surface area contributed by atoms with Crippen LogP contribution in [0.4, 0.5) is 58.8 Å². The van der Waals surface area contributed by atoms with E-state index in [1.165, 1.54) is 16.7 Å². The van der Waals surface area contributed by atoms with E-state index in [0.717, 1.165) is 57.0 Å². The van der Waals surface area contributed by atoms with Crippen molar-refractivity contribution in [3.8, 4) is 22.8 Å². The summed E-state index contributed by atoms with van der Waals surface area (Å²) in [5.74, 6) is -1.96. The van der Waals surface area contributed by atoms with Crippen molar-refractivity contribution in [2.75, 3.05) is 18.8 Å². The highest BCUT2D eigenvalue weighted by atomic mass is 19.4. The van der Waals surface area contributed by atoms with Crippen molar-refractivity contribution >= 4 is 33.3 Å². The lowest BCUT2D eigenvalue weighted by Gasteiger charge is -2.28. The van der Waals surface area contributed by atoms with Crippen molar-refractivity contribution in [1.82, 2.24) is 49.5 Å². The minimum Gasteiger partial charge on any atom is -0.444 e. The van der Waals surface area contributed by atoms with Crippen molar-refractivity contribution in [3.63, 3.8) is 0 Å². The highest BCUT2D eigenvalue weighted by Crippen LogP contribution is 2.33. The highest BCUT2D eigenvalue weighted by Gasteiger charge is 2.37. The number of amides is 1. The van der Waals surface area contributed by atoms with Crippen LogP contribution in [0.2, 0.25) is 0 Å². The van der Waals surface area contributed by atoms with Crippen LogP contribution in [-0.4, -0.2) is 81.0 Å². The topological polar surface area (TPSA) is 209 Å². The number of aromatic amines is 1. The molecule has 7 aromatic rings. The summed E-state index contributed by atoms with van der Waals surface area (Å²) in [6.07, 6.45) is -2.73. The normalized spacial score (nSPS) is 16.0. The molecule has 9 rings (SSSR count). The Morgan fingerprint density at radius 3 is 1.60 bits per heavy atom. The number of hydrogen-bond acceptors (Lipinski definition) is 12. The lowest BCUT2D eigenvalue weighted by molar-refractivity contribution is -0.138. The molecule has 4 N–H and O–H groups in total. The number of aryl methyl sites for hydroxylation is 2. The number of halogens is 11. The zero-order valence-corrected chi connectivity index (χ0v) is 41.1. The second-order valence-electron chi connectivity index (χ2n) is 18.9. The number of anilines is 1. The van der Waals surface area contributed by atoms with Crippen LogP contribution in [0, 0.1) is 11.6 Å². The molecule has 2 atom stereocenters. The molecule has 2 aliphatic heterocycles. The van der Waals surface area contributed by atoms with Crippen molar-refractivity contribution in [2.45, 2.75) is 109 Å². The zero-order chi connectivity index (χ0) is 56.2. The van der Waals surface area contributed by atoms with E-state index in [2.05, 4.69) is 30.4 Å². The molecule has 2 aromatic carbocycles. The maximum Gasteiger partial charge on any atom is 0.423 e. The smallest absolute Gasteiger partial charge is 0.423 e. The average Bonchev–Trinajstić information content (AvgIpc) is 4.08. The number of alkyl halides is 9. The first-order valence-corrected chi connectivity index (χ1v) is 23.7. The Bertz CT molecular complexity index is 3420. The fourth-order valence-electron chi connectivity index (χ4n) is 8.52. The van der Waals surface area contributed by atoms with E-state index in [0.29, 0.717) is 67.7 Å². The first-order valence-electron chi connectivity index (χ1n) is 23.7. The molecule has 2 saturated heterocycles. The van der Waals surface area contributed by atoms with Gasteiger partial charge in [0, 0.05) is 68.9 Å². The van der Waals surface area contributed by atoms with Crippen LogP contribution in [0.15, 0.2) is 94.2 Å². The summed E-state index contributed by atoms with van der Waals surface area (Å²) >= 11 is 0. The lowest BCUT2D eigenvalue weighted by Crippen LogP contribution is -2.40. The third-order valence-electron chi connectivity index (χ3n) is 12.3. The lowest BCUT2D eigenvalue weighted by atomic mass is 10.1. The van der Waals surface area contributed by atoms with Crippen LogP contribution in [0.5, 0.6) is 0 Å². The van der Waals surface area contributed by atoms with Crippen LogP contribution in [0.3, 0.4) is 0 Å². The summed E-state index contributed by atoms with van der Waals surface area (Å²) in [6, 6.07) is 8.51. The number of rotatable bonds is 8. The quantitative estimate of drug-likeness (QED) is 0.122. The number of fused-ring (bicyclic) bond motifs is 2. The Balaban J connectivity index is 0.000000187. The molecule has 7 heterocycles. The van der Waals surface area contributed by atoms with Gasteiger partial charge in [0.05, 0.1) is 44.9 Å². The largest absolute Gasteiger partial charge is 0.444 e. The van der Waals surface area contributed by atoms with Gasteiger partial charge >= 0.3 is 24.6 Å². The summed E-state index contributed by atoms with van der Waals surface area (Å²) in [4.78, 5) is 65.1. The maximum atomic E-state index is 14.8. The summed E-state index contributed by atoms with van der Waals surface area (Å²) in [7, 11) is 0. The van der Waals surface area contributed by atoms with Gasteiger partial charge in [-0.05, 0) is 113 Å². The van der Waals surface area contributed by atoms with Gasteiger partial charge in [0.1, 0.15) is 22.8 Å². The summed E-state index contributed by atoms with van der Waals surface area (Å²) in [6.45, 7) is 7.84. The van der Waals surface area contributed by atoms with Gasteiger partial charge in [0.25, 0.3) is 16.7 Å². The Labute approximate surface area is 429 Å². The monoisotopic (exact) mass is 1090 g/mol. The number of nitrogens with one attached hydrogen (secondary N) is 2. The van der Waals surface area contributed by atoms with Gasteiger partial charge < -0.3 is 29.8 Å². The summed E-state index contributed by atoms with van der Waals surface area (Å²) in [5.41, 5.74) is -2.04. The van der Waals surface area contributed by atoms with Crippen LogP contribution in [0.1, 0.15) is 76.0 Å². The predicted octanol–water partition coefficient (Wildman–Crippen LogP) is 9.54. The average molecular weight is 1090 g/mol. The van der Waals surface area contributed by atoms with Crippen LogP contribution in [0.25, 0.3) is 44.3 Å².